The second-order valence-corrected chi connectivity index (χ2v) is 6.79. The fourth-order valence-electron chi connectivity index (χ4n) is 3.05. The highest BCUT2D eigenvalue weighted by atomic mass is 19.1. The first-order chi connectivity index (χ1) is 15.5. The lowest BCUT2D eigenvalue weighted by molar-refractivity contribution is -0.117. The molecule has 0 spiro atoms. The van der Waals surface area contributed by atoms with E-state index in [4.69, 9.17) is 14.7 Å². The number of aliphatic imine (C=N–C) groups is 1. The van der Waals surface area contributed by atoms with Gasteiger partial charge in [0.15, 0.2) is 23.3 Å². The van der Waals surface area contributed by atoms with Crippen LogP contribution < -0.4 is 15.5 Å². The molecule has 1 aromatic heterocycles. The van der Waals surface area contributed by atoms with Crippen LogP contribution in [0.15, 0.2) is 71.2 Å². The molecule has 10 heteroatoms. The summed E-state index contributed by atoms with van der Waals surface area (Å²) in [5, 5.41) is 11.5. The standard InChI is InChI=1S/C22H18F2N4O4/c23-16-11-19(31-14-6-8-26-20(9-14)28-30)17(24)10-15(16)18-4-1-5-21(32-18)27-22(29)13-3-2-7-25-12-13/h1,3-11,18,30H,2,12H2,(H,26,28)(H,27,29). The number of halogens is 2. The zero-order chi connectivity index (χ0) is 22.5. The number of nitrogens with one attached hydrogen (secondary N) is 2. The van der Waals surface area contributed by atoms with Crippen molar-refractivity contribution >= 4 is 17.9 Å². The van der Waals surface area contributed by atoms with Crippen molar-refractivity contribution in [1.82, 2.24) is 10.3 Å². The van der Waals surface area contributed by atoms with Gasteiger partial charge in [0.1, 0.15) is 17.7 Å². The molecule has 0 saturated carbocycles. The normalized spacial score (nSPS) is 17.2. The summed E-state index contributed by atoms with van der Waals surface area (Å²) in [5.41, 5.74) is 2.27. The first-order valence-electron chi connectivity index (χ1n) is 9.60. The summed E-state index contributed by atoms with van der Waals surface area (Å²) in [4.78, 5) is 20.2. The number of allylic oxidation sites excluding steroid dienone is 3. The molecule has 1 amide bonds. The van der Waals surface area contributed by atoms with Gasteiger partial charge in [-0.3, -0.25) is 25.8 Å². The molecule has 4 rings (SSSR count). The molecule has 3 N–H and O–H groups in total. The van der Waals surface area contributed by atoms with E-state index in [9.17, 15) is 13.6 Å². The third-order valence-electron chi connectivity index (χ3n) is 4.61. The Bertz CT molecular complexity index is 1160. The number of ether oxygens (including phenoxy) is 2. The highest BCUT2D eigenvalue weighted by Gasteiger charge is 2.23. The first kappa shape index (κ1) is 21.2. The number of dihydropyridines is 1. The summed E-state index contributed by atoms with van der Waals surface area (Å²) in [7, 11) is 0. The van der Waals surface area contributed by atoms with E-state index in [1.54, 1.807) is 18.4 Å². The van der Waals surface area contributed by atoms with Crippen LogP contribution in [0.4, 0.5) is 14.6 Å². The first-order valence-corrected chi connectivity index (χ1v) is 9.60. The van der Waals surface area contributed by atoms with Gasteiger partial charge in [-0.15, -0.1) is 0 Å². The molecule has 2 aliphatic heterocycles. The van der Waals surface area contributed by atoms with Gasteiger partial charge < -0.3 is 9.47 Å². The molecule has 0 bridgehead atoms. The van der Waals surface area contributed by atoms with Crippen molar-refractivity contribution in [3.8, 4) is 11.5 Å². The molecule has 0 fully saturated rings. The lowest BCUT2D eigenvalue weighted by Crippen LogP contribution is -2.29. The number of nitrogens with zero attached hydrogens (tertiary/aromatic N) is 2. The average Bonchev–Trinajstić information content (AvgIpc) is 2.82. The molecule has 3 heterocycles. The minimum absolute atomic E-state index is 0.0696. The molecule has 2 aromatic rings. The maximum atomic E-state index is 14.8. The number of hydrogen-bond acceptors (Lipinski definition) is 7. The summed E-state index contributed by atoms with van der Waals surface area (Å²) in [6.07, 6.45) is 9.05. The third kappa shape index (κ3) is 4.81. The van der Waals surface area contributed by atoms with Crippen LogP contribution in [-0.4, -0.2) is 28.9 Å². The van der Waals surface area contributed by atoms with E-state index in [0.717, 1.165) is 12.1 Å². The van der Waals surface area contributed by atoms with Crippen LogP contribution in [0.25, 0.3) is 0 Å². The van der Waals surface area contributed by atoms with Crippen molar-refractivity contribution in [3.63, 3.8) is 0 Å². The van der Waals surface area contributed by atoms with Gasteiger partial charge in [-0.05, 0) is 24.3 Å². The summed E-state index contributed by atoms with van der Waals surface area (Å²) in [6, 6.07) is 4.60. The molecule has 164 valence electrons. The number of anilines is 1. The van der Waals surface area contributed by atoms with E-state index >= 15 is 0 Å². The van der Waals surface area contributed by atoms with Gasteiger partial charge in [-0.25, -0.2) is 13.8 Å². The van der Waals surface area contributed by atoms with Gasteiger partial charge >= 0.3 is 0 Å². The third-order valence-corrected chi connectivity index (χ3v) is 4.61. The van der Waals surface area contributed by atoms with E-state index in [1.165, 1.54) is 30.5 Å². The van der Waals surface area contributed by atoms with E-state index in [1.807, 2.05) is 5.48 Å². The minimum Gasteiger partial charge on any atom is -0.466 e. The molecule has 0 radical (unpaired) electrons. The minimum atomic E-state index is -0.955. The Labute approximate surface area is 181 Å². The smallest absolute Gasteiger partial charge is 0.255 e. The number of amides is 1. The monoisotopic (exact) mass is 440 g/mol. The van der Waals surface area contributed by atoms with Crippen LogP contribution in [0.3, 0.4) is 0 Å². The molecule has 1 atom stereocenters. The fourth-order valence-corrected chi connectivity index (χ4v) is 3.05. The Morgan fingerprint density at radius 3 is 2.91 bits per heavy atom. The largest absolute Gasteiger partial charge is 0.466 e. The summed E-state index contributed by atoms with van der Waals surface area (Å²) in [5.74, 6) is -1.97. The maximum absolute atomic E-state index is 14.8. The zero-order valence-electron chi connectivity index (χ0n) is 16.6. The van der Waals surface area contributed by atoms with Gasteiger partial charge in [-0.2, -0.15) is 0 Å². The van der Waals surface area contributed by atoms with Gasteiger partial charge in [0, 0.05) is 42.1 Å². The lowest BCUT2D eigenvalue weighted by Gasteiger charge is -2.22. The fraction of sp³-hybridized carbons (Fsp3) is 0.136. The topological polar surface area (TPSA) is 105 Å². The number of carbonyl (C=O) groups is 1. The van der Waals surface area contributed by atoms with Crippen LogP contribution in [0.5, 0.6) is 11.5 Å². The van der Waals surface area contributed by atoms with Gasteiger partial charge in [0.25, 0.3) is 5.91 Å². The van der Waals surface area contributed by atoms with Crippen LogP contribution in [0.2, 0.25) is 0 Å². The van der Waals surface area contributed by atoms with Gasteiger partial charge in [0.05, 0.1) is 6.54 Å². The number of rotatable bonds is 6. The quantitative estimate of drug-likeness (QED) is 0.588. The van der Waals surface area contributed by atoms with Crippen molar-refractivity contribution in [3.05, 3.63) is 83.4 Å². The highest BCUT2D eigenvalue weighted by Crippen LogP contribution is 2.33. The number of carbonyl (C=O) groups excluding carboxylic acids is 1. The van der Waals surface area contributed by atoms with E-state index in [0.29, 0.717) is 12.0 Å². The predicted molar refractivity (Wildman–Crippen MR) is 111 cm³/mol. The predicted octanol–water partition coefficient (Wildman–Crippen LogP) is 3.94. The Balaban J connectivity index is 1.47. The lowest BCUT2D eigenvalue weighted by atomic mass is 10.1. The van der Waals surface area contributed by atoms with E-state index in [-0.39, 0.29) is 41.2 Å². The number of hydrogen-bond donors (Lipinski definition) is 3. The Morgan fingerprint density at radius 2 is 2.12 bits per heavy atom. The van der Waals surface area contributed by atoms with Crippen LogP contribution in [0.1, 0.15) is 18.1 Å². The second-order valence-electron chi connectivity index (χ2n) is 6.79. The second kappa shape index (κ2) is 9.40. The van der Waals surface area contributed by atoms with Crippen molar-refractivity contribution in [2.75, 3.05) is 12.0 Å². The Morgan fingerprint density at radius 1 is 1.25 bits per heavy atom. The molecule has 1 aromatic carbocycles. The Hall–Kier alpha value is -4.05. The van der Waals surface area contributed by atoms with Crippen molar-refractivity contribution in [2.24, 2.45) is 4.99 Å². The molecule has 0 aliphatic carbocycles. The zero-order valence-corrected chi connectivity index (χ0v) is 16.6. The van der Waals surface area contributed by atoms with Crippen LogP contribution in [-0.2, 0) is 9.53 Å². The number of pyridine rings is 1. The maximum Gasteiger partial charge on any atom is 0.255 e. The molecule has 2 aliphatic rings. The summed E-state index contributed by atoms with van der Waals surface area (Å²) in [6.45, 7) is 0.271. The van der Waals surface area contributed by atoms with Gasteiger partial charge in [0.2, 0.25) is 0 Å². The number of benzene rings is 1. The SMILES string of the molecule is O=C(NC1=CC=CC(c2cc(F)c(Oc3ccnc(NO)c3)cc2F)O1)C1=CCC=NC1. The highest BCUT2D eigenvalue weighted by molar-refractivity contribution is 5.96. The van der Waals surface area contributed by atoms with Crippen molar-refractivity contribution < 1.29 is 28.3 Å². The molecule has 32 heavy (non-hydrogen) atoms. The molecule has 1 unspecified atom stereocenters. The number of aromatic nitrogens is 1. The van der Waals surface area contributed by atoms with Crippen molar-refractivity contribution in [1.29, 1.82) is 0 Å². The van der Waals surface area contributed by atoms with Crippen LogP contribution in [0, 0.1) is 11.6 Å². The Kier molecular flexibility index (Phi) is 6.22. The molecular formula is C22H18F2N4O4. The molecule has 0 saturated heterocycles. The van der Waals surface area contributed by atoms with Crippen molar-refractivity contribution in [2.45, 2.75) is 12.5 Å². The molecular weight excluding hydrogens is 422 g/mol. The van der Waals surface area contributed by atoms with Crippen LogP contribution >= 0.6 is 0 Å². The van der Waals surface area contributed by atoms with Gasteiger partial charge in [-0.1, -0.05) is 12.2 Å². The molecule has 8 nitrogen and oxygen atoms in total. The summed E-state index contributed by atoms with van der Waals surface area (Å²) >= 11 is 0. The van der Waals surface area contributed by atoms with E-state index < -0.39 is 17.7 Å². The average molecular weight is 440 g/mol. The van der Waals surface area contributed by atoms with E-state index in [2.05, 4.69) is 15.3 Å². The summed E-state index contributed by atoms with van der Waals surface area (Å²) < 4.78 is 40.4.